The maximum absolute atomic E-state index is 12.2. The summed E-state index contributed by atoms with van der Waals surface area (Å²) in [4.78, 5) is 34.9. The number of carbonyl (C=O) groups excluding carboxylic acids is 2. The van der Waals surface area contributed by atoms with Gasteiger partial charge in [0.1, 0.15) is 12.2 Å². The molecule has 2 unspecified atom stereocenters. The number of aliphatic hydroxyl groups excluding tert-OH is 1. The van der Waals surface area contributed by atoms with Crippen molar-refractivity contribution in [2.75, 3.05) is 13.2 Å². The molecule has 0 radical (unpaired) electrons. The van der Waals surface area contributed by atoms with E-state index in [0.29, 0.717) is 24.0 Å². The molecule has 4 saturated carbocycles. The number of aliphatic hydroxyl groups is 1. The number of hydrogen-bond donors (Lipinski definition) is 2. The smallest absolute Gasteiger partial charge is 0.333 e. The second kappa shape index (κ2) is 7.94. The SMILES string of the molecule is C=C(C)C(=O)OC12CC3CC(CO)(CC(C1)C3CC(=C)C(=O)OCCC(=O)O)C2. The minimum absolute atomic E-state index is 0.0667. The minimum atomic E-state index is -1.02. The first-order chi connectivity index (χ1) is 13.6. The molecule has 0 amide bonds. The topological polar surface area (TPSA) is 110 Å². The van der Waals surface area contributed by atoms with Gasteiger partial charge in [-0.2, -0.15) is 0 Å². The van der Waals surface area contributed by atoms with Crippen molar-refractivity contribution < 1.29 is 34.1 Å². The molecule has 2 N–H and O–H groups in total. The predicted octanol–water partition coefficient (Wildman–Crippen LogP) is 2.63. The Morgan fingerprint density at radius 2 is 1.69 bits per heavy atom. The van der Waals surface area contributed by atoms with Crippen LogP contribution >= 0.6 is 0 Å². The van der Waals surface area contributed by atoms with Crippen molar-refractivity contribution in [3.05, 3.63) is 24.3 Å². The Hall–Kier alpha value is -2.15. The van der Waals surface area contributed by atoms with Gasteiger partial charge in [-0.3, -0.25) is 4.79 Å². The molecule has 0 aromatic carbocycles. The third-order valence-corrected chi connectivity index (χ3v) is 6.88. The molecule has 7 heteroatoms. The first-order valence-corrected chi connectivity index (χ1v) is 10.2. The van der Waals surface area contributed by atoms with Crippen LogP contribution in [0.4, 0.5) is 0 Å². The first kappa shape index (κ1) is 21.6. The summed E-state index contributed by atoms with van der Waals surface area (Å²) in [6.45, 7) is 9.07. The Kier molecular flexibility index (Phi) is 5.90. The Morgan fingerprint density at radius 3 is 2.21 bits per heavy atom. The van der Waals surface area contributed by atoms with Gasteiger partial charge < -0.3 is 19.7 Å². The summed E-state index contributed by atoms with van der Waals surface area (Å²) >= 11 is 0. The lowest BCUT2D eigenvalue weighted by atomic mass is 9.44. The Morgan fingerprint density at radius 1 is 1.07 bits per heavy atom. The van der Waals surface area contributed by atoms with E-state index in [1.54, 1.807) is 6.92 Å². The Bertz CT molecular complexity index is 721. The third kappa shape index (κ3) is 4.39. The molecule has 4 bridgehead atoms. The summed E-state index contributed by atoms with van der Waals surface area (Å²) in [5.74, 6) is -1.29. The van der Waals surface area contributed by atoms with Crippen molar-refractivity contribution in [2.45, 2.75) is 57.5 Å². The van der Waals surface area contributed by atoms with Gasteiger partial charge in [-0.1, -0.05) is 13.2 Å². The molecule has 4 fully saturated rings. The van der Waals surface area contributed by atoms with E-state index in [1.165, 1.54) is 0 Å². The summed E-state index contributed by atoms with van der Waals surface area (Å²) in [5, 5.41) is 18.7. The van der Waals surface area contributed by atoms with E-state index in [-0.39, 0.29) is 48.8 Å². The van der Waals surface area contributed by atoms with Crippen LogP contribution in [0.25, 0.3) is 0 Å². The van der Waals surface area contributed by atoms with Gasteiger partial charge in [-0.05, 0) is 68.6 Å². The van der Waals surface area contributed by atoms with Crippen molar-refractivity contribution in [3.63, 3.8) is 0 Å². The largest absolute Gasteiger partial charge is 0.481 e. The zero-order valence-electron chi connectivity index (χ0n) is 16.9. The molecule has 2 atom stereocenters. The molecular weight excluding hydrogens is 376 g/mol. The van der Waals surface area contributed by atoms with Crippen LogP contribution in [0.5, 0.6) is 0 Å². The van der Waals surface area contributed by atoms with Gasteiger partial charge in [-0.25, -0.2) is 9.59 Å². The van der Waals surface area contributed by atoms with E-state index in [9.17, 15) is 19.5 Å². The molecule has 4 aliphatic rings. The number of carboxylic acid groups (broad SMARTS) is 1. The van der Waals surface area contributed by atoms with Crippen molar-refractivity contribution in [1.82, 2.24) is 0 Å². The highest BCUT2D eigenvalue weighted by atomic mass is 16.6. The fourth-order valence-corrected chi connectivity index (χ4v) is 5.96. The van der Waals surface area contributed by atoms with Crippen molar-refractivity contribution >= 4 is 17.9 Å². The maximum atomic E-state index is 12.2. The first-order valence-electron chi connectivity index (χ1n) is 10.2. The highest BCUT2D eigenvalue weighted by molar-refractivity contribution is 5.88. The van der Waals surface area contributed by atoms with E-state index >= 15 is 0 Å². The van der Waals surface area contributed by atoms with Crippen LogP contribution in [0.1, 0.15) is 51.9 Å². The Labute approximate surface area is 170 Å². The molecule has 0 spiro atoms. The van der Waals surface area contributed by atoms with Crippen molar-refractivity contribution in [1.29, 1.82) is 0 Å². The number of esters is 2. The number of rotatable bonds is 9. The van der Waals surface area contributed by atoms with Gasteiger partial charge in [0.05, 0.1) is 6.42 Å². The van der Waals surface area contributed by atoms with Crippen LogP contribution in [-0.4, -0.2) is 46.9 Å². The normalized spacial score (nSPS) is 34.5. The highest BCUT2D eigenvalue weighted by Gasteiger charge is 2.62. The molecule has 0 saturated heterocycles. The standard InChI is InChI=1S/C22H30O7/c1-13(2)19(26)29-22-9-15-7-21(11-22,12-23)8-16(10-22)17(15)6-14(3)20(27)28-5-4-18(24)25/h15-17,23H,1,3-12H2,2H3,(H,24,25). The average molecular weight is 406 g/mol. The molecule has 0 aromatic rings. The van der Waals surface area contributed by atoms with Crippen LogP contribution in [0.3, 0.4) is 0 Å². The monoisotopic (exact) mass is 406 g/mol. The summed E-state index contributed by atoms with van der Waals surface area (Å²) in [6.07, 6.45) is 4.05. The molecule has 0 aromatic heterocycles. The Balaban J connectivity index is 1.68. The molecule has 160 valence electrons. The summed E-state index contributed by atoms with van der Waals surface area (Å²) in [6, 6.07) is 0. The third-order valence-electron chi connectivity index (χ3n) is 6.88. The molecule has 29 heavy (non-hydrogen) atoms. The molecule has 0 aliphatic heterocycles. The fourth-order valence-electron chi connectivity index (χ4n) is 5.96. The lowest BCUT2D eigenvalue weighted by Crippen LogP contribution is -2.61. The second-order valence-corrected chi connectivity index (χ2v) is 9.28. The van der Waals surface area contributed by atoms with E-state index in [1.807, 2.05) is 0 Å². The maximum Gasteiger partial charge on any atom is 0.333 e. The van der Waals surface area contributed by atoms with Gasteiger partial charge in [0.15, 0.2) is 0 Å². The van der Waals surface area contributed by atoms with Crippen molar-refractivity contribution in [3.8, 4) is 0 Å². The average Bonchev–Trinajstić information content (AvgIpc) is 2.63. The van der Waals surface area contributed by atoms with Crippen LogP contribution < -0.4 is 0 Å². The van der Waals surface area contributed by atoms with Gasteiger partial charge in [0.2, 0.25) is 0 Å². The van der Waals surface area contributed by atoms with Crippen LogP contribution in [0, 0.1) is 23.2 Å². The molecule has 4 rings (SSSR count). The summed E-state index contributed by atoms with van der Waals surface area (Å²) in [5.41, 5.74) is -0.0856. The van der Waals surface area contributed by atoms with E-state index in [0.717, 1.165) is 25.7 Å². The molecule has 0 heterocycles. The number of ether oxygens (including phenoxy) is 2. The minimum Gasteiger partial charge on any atom is -0.481 e. The van der Waals surface area contributed by atoms with Crippen LogP contribution in [0.2, 0.25) is 0 Å². The fraction of sp³-hybridized carbons (Fsp3) is 0.682. The molecule has 4 aliphatic carbocycles. The van der Waals surface area contributed by atoms with Gasteiger partial charge in [-0.15, -0.1) is 0 Å². The number of carbonyl (C=O) groups is 3. The molecule has 7 nitrogen and oxygen atoms in total. The number of carboxylic acids is 1. The number of aliphatic carboxylic acids is 1. The van der Waals surface area contributed by atoms with Crippen LogP contribution in [-0.2, 0) is 23.9 Å². The molecular formula is C22H30O7. The second-order valence-electron chi connectivity index (χ2n) is 9.28. The van der Waals surface area contributed by atoms with E-state index in [2.05, 4.69) is 13.2 Å². The zero-order valence-corrected chi connectivity index (χ0v) is 16.9. The highest BCUT2D eigenvalue weighted by Crippen LogP contribution is 2.65. The lowest BCUT2D eigenvalue weighted by Gasteiger charge is -2.63. The van der Waals surface area contributed by atoms with Gasteiger partial charge in [0.25, 0.3) is 0 Å². The quantitative estimate of drug-likeness (QED) is 0.447. The van der Waals surface area contributed by atoms with Crippen LogP contribution in [0.15, 0.2) is 24.3 Å². The summed E-state index contributed by atoms with van der Waals surface area (Å²) in [7, 11) is 0. The number of hydrogen-bond acceptors (Lipinski definition) is 6. The lowest BCUT2D eigenvalue weighted by molar-refractivity contribution is -0.218. The van der Waals surface area contributed by atoms with E-state index < -0.39 is 17.5 Å². The van der Waals surface area contributed by atoms with Gasteiger partial charge >= 0.3 is 17.9 Å². The zero-order chi connectivity index (χ0) is 21.4. The van der Waals surface area contributed by atoms with Gasteiger partial charge in [0, 0.05) is 17.8 Å². The van der Waals surface area contributed by atoms with Crippen molar-refractivity contribution in [2.24, 2.45) is 23.2 Å². The van der Waals surface area contributed by atoms with E-state index in [4.69, 9.17) is 14.6 Å². The summed E-state index contributed by atoms with van der Waals surface area (Å²) < 4.78 is 10.9. The predicted molar refractivity (Wildman–Crippen MR) is 104 cm³/mol.